The highest BCUT2D eigenvalue weighted by Gasteiger charge is 2.08. The second-order valence-corrected chi connectivity index (χ2v) is 5.31. The Morgan fingerprint density at radius 2 is 2.33 bits per heavy atom. The Balaban J connectivity index is 2.03. The zero-order chi connectivity index (χ0) is 12.8. The van der Waals surface area contributed by atoms with Gasteiger partial charge >= 0.3 is 0 Å². The third kappa shape index (κ3) is 3.61. The number of amides is 1. The van der Waals surface area contributed by atoms with E-state index < -0.39 is 0 Å². The molecule has 2 aromatic rings. The molecule has 0 saturated carbocycles. The van der Waals surface area contributed by atoms with Crippen LogP contribution in [0.2, 0.25) is 0 Å². The van der Waals surface area contributed by atoms with Gasteiger partial charge in [0, 0.05) is 11.0 Å². The molecular weight excluding hydrogens is 314 g/mol. The maximum absolute atomic E-state index is 11.8. The molecule has 18 heavy (non-hydrogen) atoms. The zero-order valence-electron chi connectivity index (χ0n) is 9.60. The highest BCUT2D eigenvalue weighted by atomic mass is 79.9. The van der Waals surface area contributed by atoms with E-state index in [1.54, 1.807) is 0 Å². The van der Waals surface area contributed by atoms with Crippen molar-refractivity contribution in [1.82, 2.24) is 9.59 Å². The molecule has 0 fully saturated rings. The smallest absolute Gasteiger partial charge is 0.269 e. The van der Waals surface area contributed by atoms with Crippen LogP contribution in [0.3, 0.4) is 0 Å². The lowest BCUT2D eigenvalue weighted by Gasteiger charge is -2.05. The molecule has 2 rings (SSSR count). The number of nitrogens with one attached hydrogen (secondary N) is 1. The molecule has 1 heterocycles. The normalized spacial score (nSPS) is 10.3. The summed E-state index contributed by atoms with van der Waals surface area (Å²) in [6.07, 6.45) is 3.54. The van der Waals surface area contributed by atoms with Crippen LogP contribution in [0.5, 0.6) is 0 Å². The largest absolute Gasteiger partial charge is 0.321 e. The van der Waals surface area contributed by atoms with Crippen LogP contribution in [-0.2, 0) is 6.42 Å². The maximum Gasteiger partial charge on any atom is 0.269 e. The summed E-state index contributed by atoms with van der Waals surface area (Å²) < 4.78 is 3.67. The number of aromatic nitrogens is 2. The van der Waals surface area contributed by atoms with Crippen LogP contribution >= 0.6 is 27.5 Å². The lowest BCUT2D eigenvalue weighted by atomic mass is 10.1. The molecule has 0 saturated heterocycles. The molecule has 0 aliphatic heterocycles. The summed E-state index contributed by atoms with van der Waals surface area (Å²) in [7, 11) is 0. The molecule has 1 aromatic heterocycles. The first-order valence-electron chi connectivity index (χ1n) is 5.53. The van der Waals surface area contributed by atoms with E-state index in [9.17, 15) is 4.79 Å². The fourth-order valence-electron chi connectivity index (χ4n) is 1.54. The van der Waals surface area contributed by atoms with Crippen molar-refractivity contribution in [2.24, 2.45) is 0 Å². The van der Waals surface area contributed by atoms with E-state index in [1.165, 1.54) is 11.8 Å². The molecule has 0 spiro atoms. The van der Waals surface area contributed by atoms with Gasteiger partial charge in [-0.2, -0.15) is 0 Å². The van der Waals surface area contributed by atoms with Crippen molar-refractivity contribution in [1.29, 1.82) is 0 Å². The van der Waals surface area contributed by atoms with Crippen molar-refractivity contribution in [3.8, 4) is 0 Å². The van der Waals surface area contributed by atoms with Crippen molar-refractivity contribution in [3.63, 3.8) is 0 Å². The second-order valence-electron chi connectivity index (χ2n) is 3.73. The SMILES string of the molecule is O=C(Nc1cccc(CCCBr)c1)c1cnns1. The van der Waals surface area contributed by atoms with Crippen molar-refractivity contribution in [2.75, 3.05) is 10.6 Å². The summed E-state index contributed by atoms with van der Waals surface area (Å²) in [5, 5.41) is 7.47. The summed E-state index contributed by atoms with van der Waals surface area (Å²) in [6.45, 7) is 0. The zero-order valence-corrected chi connectivity index (χ0v) is 12.0. The standard InChI is InChI=1S/C12H12BrN3OS/c13-6-2-4-9-3-1-5-10(7-9)15-12(17)11-8-14-16-18-11/h1,3,5,7-8H,2,4,6H2,(H,15,17). The third-order valence-corrected chi connectivity index (χ3v) is 3.59. The predicted molar refractivity (Wildman–Crippen MR) is 76.4 cm³/mol. The number of carbonyl (C=O) groups is 1. The molecule has 1 amide bonds. The van der Waals surface area contributed by atoms with Crippen LogP contribution in [-0.4, -0.2) is 20.8 Å². The topological polar surface area (TPSA) is 54.9 Å². The van der Waals surface area contributed by atoms with Crippen LogP contribution in [0.25, 0.3) is 0 Å². The number of hydrogen-bond donors (Lipinski definition) is 1. The highest BCUT2D eigenvalue weighted by molar-refractivity contribution is 9.09. The van der Waals surface area contributed by atoms with Gasteiger partial charge in [-0.1, -0.05) is 32.6 Å². The molecule has 1 aromatic carbocycles. The first kappa shape index (κ1) is 13.2. The molecule has 0 aliphatic carbocycles. The van der Waals surface area contributed by atoms with Crippen LogP contribution in [0.1, 0.15) is 21.7 Å². The minimum Gasteiger partial charge on any atom is -0.321 e. The van der Waals surface area contributed by atoms with Gasteiger partial charge in [0.05, 0.1) is 6.20 Å². The molecule has 0 radical (unpaired) electrons. The molecule has 94 valence electrons. The summed E-state index contributed by atoms with van der Waals surface area (Å²) >= 11 is 4.50. The average molecular weight is 326 g/mol. The number of rotatable bonds is 5. The van der Waals surface area contributed by atoms with E-state index in [0.717, 1.165) is 35.4 Å². The van der Waals surface area contributed by atoms with Crippen molar-refractivity contribution in [2.45, 2.75) is 12.8 Å². The number of nitrogens with zero attached hydrogens (tertiary/aromatic N) is 2. The number of hydrogen-bond acceptors (Lipinski definition) is 4. The van der Waals surface area contributed by atoms with Gasteiger partial charge in [-0.15, -0.1) is 5.10 Å². The van der Waals surface area contributed by atoms with E-state index in [-0.39, 0.29) is 5.91 Å². The van der Waals surface area contributed by atoms with E-state index in [1.807, 2.05) is 18.2 Å². The van der Waals surface area contributed by atoms with Gasteiger partial charge < -0.3 is 5.32 Å². The van der Waals surface area contributed by atoms with Gasteiger partial charge in [-0.05, 0) is 42.1 Å². The Kier molecular flexibility index (Phi) is 4.83. The fraction of sp³-hybridized carbons (Fsp3) is 0.250. The van der Waals surface area contributed by atoms with Crippen molar-refractivity contribution in [3.05, 3.63) is 40.9 Å². The molecule has 6 heteroatoms. The van der Waals surface area contributed by atoms with E-state index in [4.69, 9.17) is 0 Å². The van der Waals surface area contributed by atoms with Gasteiger partial charge in [0.25, 0.3) is 5.91 Å². The maximum atomic E-state index is 11.8. The quantitative estimate of drug-likeness (QED) is 0.859. The molecule has 1 N–H and O–H groups in total. The predicted octanol–water partition coefficient (Wildman–Crippen LogP) is 3.12. The van der Waals surface area contributed by atoms with Gasteiger partial charge in [0.2, 0.25) is 0 Å². The first-order valence-corrected chi connectivity index (χ1v) is 7.42. The number of benzene rings is 1. The highest BCUT2D eigenvalue weighted by Crippen LogP contribution is 2.14. The van der Waals surface area contributed by atoms with Crippen molar-refractivity contribution < 1.29 is 4.79 Å². The number of aryl methyl sites for hydroxylation is 1. The Morgan fingerprint density at radius 3 is 3.06 bits per heavy atom. The number of halogens is 1. The number of alkyl halides is 1. The van der Waals surface area contributed by atoms with Crippen LogP contribution < -0.4 is 5.32 Å². The van der Waals surface area contributed by atoms with E-state index in [0.29, 0.717) is 4.88 Å². The fourth-order valence-corrected chi connectivity index (χ4v) is 2.23. The Hall–Kier alpha value is -1.27. The molecule has 0 unspecified atom stereocenters. The minimum atomic E-state index is -0.164. The summed E-state index contributed by atoms with van der Waals surface area (Å²) in [6, 6.07) is 7.88. The molecule has 0 bridgehead atoms. The molecule has 0 aliphatic rings. The van der Waals surface area contributed by atoms with Gasteiger partial charge in [-0.25, -0.2) is 0 Å². The summed E-state index contributed by atoms with van der Waals surface area (Å²) in [5.41, 5.74) is 2.02. The Labute approximate surface area is 118 Å². The van der Waals surface area contributed by atoms with Gasteiger partial charge in [0.15, 0.2) is 0 Å². The van der Waals surface area contributed by atoms with Gasteiger partial charge in [0.1, 0.15) is 4.88 Å². The Morgan fingerprint density at radius 1 is 1.44 bits per heavy atom. The summed E-state index contributed by atoms with van der Waals surface area (Å²) in [4.78, 5) is 12.3. The van der Waals surface area contributed by atoms with Crippen LogP contribution in [0.4, 0.5) is 5.69 Å². The number of carbonyl (C=O) groups excluding carboxylic acids is 1. The van der Waals surface area contributed by atoms with Crippen molar-refractivity contribution >= 4 is 39.1 Å². The van der Waals surface area contributed by atoms with Gasteiger partial charge in [-0.3, -0.25) is 4.79 Å². The lowest BCUT2D eigenvalue weighted by Crippen LogP contribution is -2.10. The monoisotopic (exact) mass is 325 g/mol. The lowest BCUT2D eigenvalue weighted by molar-refractivity contribution is 0.103. The molecular formula is C12H12BrN3OS. The molecule has 0 atom stereocenters. The number of anilines is 1. The minimum absolute atomic E-state index is 0.164. The Bertz CT molecular complexity index is 516. The van der Waals surface area contributed by atoms with E-state index >= 15 is 0 Å². The first-order chi connectivity index (χ1) is 8.79. The van der Waals surface area contributed by atoms with E-state index in [2.05, 4.69) is 36.9 Å². The third-order valence-electron chi connectivity index (χ3n) is 2.37. The average Bonchev–Trinajstić information content (AvgIpc) is 2.91. The molecule has 4 nitrogen and oxygen atoms in total. The second kappa shape index (κ2) is 6.61. The van der Waals surface area contributed by atoms with Crippen LogP contribution in [0, 0.1) is 0 Å². The van der Waals surface area contributed by atoms with Crippen LogP contribution in [0.15, 0.2) is 30.5 Å². The summed E-state index contributed by atoms with van der Waals surface area (Å²) in [5.74, 6) is -0.164.